The van der Waals surface area contributed by atoms with Crippen molar-refractivity contribution < 1.29 is 17.9 Å². The second-order valence-corrected chi connectivity index (χ2v) is 5.54. The molecule has 2 aromatic rings. The van der Waals surface area contributed by atoms with Gasteiger partial charge in [0.2, 0.25) is 0 Å². The highest BCUT2D eigenvalue weighted by Crippen LogP contribution is 2.33. The van der Waals surface area contributed by atoms with Crippen molar-refractivity contribution in [3.63, 3.8) is 0 Å². The number of alkyl halides is 3. The number of rotatable bonds is 3. The highest BCUT2D eigenvalue weighted by atomic mass is 79.9. The van der Waals surface area contributed by atoms with Gasteiger partial charge in [0.15, 0.2) is 0 Å². The fourth-order valence-corrected chi connectivity index (χ4v) is 2.70. The number of aryl methyl sites for hydroxylation is 1. The minimum absolute atomic E-state index is 0.282. The SMILES string of the molecule is Cc1cc(Br)cc(C(N)c2ccccc2OC(F)(F)F)c1. The molecule has 0 aromatic heterocycles. The minimum atomic E-state index is -4.75. The fraction of sp³-hybridized carbons (Fsp3) is 0.200. The third kappa shape index (κ3) is 4.22. The molecule has 2 N–H and O–H groups in total. The van der Waals surface area contributed by atoms with E-state index in [0.29, 0.717) is 5.56 Å². The van der Waals surface area contributed by atoms with Gasteiger partial charge in [-0.25, -0.2) is 0 Å². The van der Waals surface area contributed by atoms with Crippen molar-refractivity contribution in [2.75, 3.05) is 0 Å². The number of benzene rings is 2. The van der Waals surface area contributed by atoms with Crippen molar-refractivity contribution in [3.05, 3.63) is 63.6 Å². The van der Waals surface area contributed by atoms with E-state index in [1.807, 2.05) is 19.1 Å². The lowest BCUT2D eigenvalue weighted by atomic mass is 9.97. The van der Waals surface area contributed by atoms with E-state index >= 15 is 0 Å². The Hall–Kier alpha value is -1.53. The first kappa shape index (κ1) is 15.9. The lowest BCUT2D eigenvalue weighted by Gasteiger charge is -2.18. The van der Waals surface area contributed by atoms with Crippen LogP contribution in [0.1, 0.15) is 22.7 Å². The summed E-state index contributed by atoms with van der Waals surface area (Å²) in [6, 6.07) is 10.7. The standard InChI is InChI=1S/C15H13BrF3NO/c1-9-6-10(8-11(16)7-9)14(20)12-4-2-3-5-13(12)21-15(17,18)19/h2-8,14H,20H2,1H3. The smallest absolute Gasteiger partial charge is 0.405 e. The van der Waals surface area contributed by atoms with E-state index in [1.165, 1.54) is 18.2 Å². The van der Waals surface area contributed by atoms with Crippen LogP contribution in [-0.4, -0.2) is 6.36 Å². The van der Waals surface area contributed by atoms with Crippen molar-refractivity contribution in [3.8, 4) is 5.75 Å². The molecule has 21 heavy (non-hydrogen) atoms. The zero-order valence-electron chi connectivity index (χ0n) is 11.1. The van der Waals surface area contributed by atoms with Gasteiger partial charge in [-0.2, -0.15) is 0 Å². The van der Waals surface area contributed by atoms with Crippen molar-refractivity contribution >= 4 is 15.9 Å². The van der Waals surface area contributed by atoms with Gasteiger partial charge in [0, 0.05) is 10.0 Å². The molecule has 6 heteroatoms. The minimum Gasteiger partial charge on any atom is -0.405 e. The Balaban J connectivity index is 2.41. The molecule has 0 spiro atoms. The summed E-state index contributed by atoms with van der Waals surface area (Å²) in [6.07, 6.45) is -4.75. The average Bonchev–Trinajstić information content (AvgIpc) is 2.35. The Bertz CT molecular complexity index is 623. The summed E-state index contributed by atoms with van der Waals surface area (Å²) in [5, 5.41) is 0. The Morgan fingerprint density at radius 3 is 2.43 bits per heavy atom. The highest BCUT2D eigenvalue weighted by molar-refractivity contribution is 9.10. The maximum atomic E-state index is 12.4. The Kier molecular flexibility index (Phi) is 4.58. The lowest BCUT2D eigenvalue weighted by Crippen LogP contribution is -2.20. The molecule has 1 atom stereocenters. The van der Waals surface area contributed by atoms with Crippen LogP contribution in [0.5, 0.6) is 5.75 Å². The maximum Gasteiger partial charge on any atom is 0.573 e. The molecule has 112 valence electrons. The maximum absolute atomic E-state index is 12.4. The van der Waals surface area contributed by atoms with E-state index in [1.54, 1.807) is 12.1 Å². The van der Waals surface area contributed by atoms with Gasteiger partial charge in [0.25, 0.3) is 0 Å². The van der Waals surface area contributed by atoms with Gasteiger partial charge < -0.3 is 10.5 Å². The summed E-state index contributed by atoms with van der Waals surface area (Å²) in [5.74, 6) is -0.282. The van der Waals surface area contributed by atoms with E-state index in [0.717, 1.165) is 10.0 Å². The van der Waals surface area contributed by atoms with Crippen molar-refractivity contribution in [2.24, 2.45) is 5.73 Å². The molecule has 0 aliphatic heterocycles. The van der Waals surface area contributed by atoms with Gasteiger partial charge in [0.1, 0.15) is 5.75 Å². The predicted octanol–water partition coefficient (Wildman–Crippen LogP) is 4.70. The van der Waals surface area contributed by atoms with Crippen LogP contribution >= 0.6 is 15.9 Å². The molecule has 2 aromatic carbocycles. The van der Waals surface area contributed by atoms with Gasteiger partial charge in [0.05, 0.1) is 6.04 Å². The van der Waals surface area contributed by atoms with E-state index in [2.05, 4.69) is 20.7 Å². The van der Waals surface area contributed by atoms with Crippen LogP contribution in [0.4, 0.5) is 13.2 Å². The van der Waals surface area contributed by atoms with Crippen LogP contribution < -0.4 is 10.5 Å². The summed E-state index contributed by atoms with van der Waals surface area (Å²) in [5.41, 5.74) is 8.06. The normalized spacial score (nSPS) is 13.0. The van der Waals surface area contributed by atoms with Gasteiger partial charge in [-0.05, 0) is 36.2 Å². The van der Waals surface area contributed by atoms with Crippen LogP contribution in [-0.2, 0) is 0 Å². The first-order valence-corrected chi connectivity index (χ1v) is 6.93. The van der Waals surface area contributed by atoms with Crippen LogP contribution in [0.25, 0.3) is 0 Å². The Morgan fingerprint density at radius 2 is 1.81 bits per heavy atom. The molecule has 0 heterocycles. The molecule has 0 amide bonds. The van der Waals surface area contributed by atoms with Gasteiger partial charge in [-0.15, -0.1) is 13.2 Å². The number of ether oxygens (including phenoxy) is 1. The molecular formula is C15H13BrF3NO. The summed E-state index contributed by atoms with van der Waals surface area (Å²) >= 11 is 3.35. The first-order valence-electron chi connectivity index (χ1n) is 6.13. The average molecular weight is 360 g/mol. The largest absolute Gasteiger partial charge is 0.573 e. The second kappa shape index (κ2) is 6.07. The second-order valence-electron chi connectivity index (χ2n) is 4.63. The number of hydrogen-bond acceptors (Lipinski definition) is 2. The monoisotopic (exact) mass is 359 g/mol. The topological polar surface area (TPSA) is 35.2 Å². The molecule has 0 aliphatic carbocycles. The quantitative estimate of drug-likeness (QED) is 0.861. The number of nitrogens with two attached hydrogens (primary N) is 1. The zero-order chi connectivity index (χ0) is 15.6. The third-order valence-corrected chi connectivity index (χ3v) is 3.36. The van der Waals surface area contributed by atoms with Gasteiger partial charge in [-0.1, -0.05) is 40.2 Å². The summed E-state index contributed by atoms with van der Waals surface area (Å²) in [6.45, 7) is 1.89. The summed E-state index contributed by atoms with van der Waals surface area (Å²) < 4.78 is 42.2. The number of halogens is 4. The van der Waals surface area contributed by atoms with Crippen LogP contribution in [0.2, 0.25) is 0 Å². The number of hydrogen-bond donors (Lipinski definition) is 1. The summed E-state index contributed by atoms with van der Waals surface area (Å²) in [4.78, 5) is 0. The Labute approximate surface area is 128 Å². The highest BCUT2D eigenvalue weighted by Gasteiger charge is 2.32. The van der Waals surface area contributed by atoms with Gasteiger partial charge in [-0.3, -0.25) is 0 Å². The number of para-hydroxylation sites is 1. The fourth-order valence-electron chi connectivity index (χ4n) is 2.08. The molecule has 0 radical (unpaired) electrons. The van der Waals surface area contributed by atoms with E-state index in [4.69, 9.17) is 5.73 Å². The molecule has 0 saturated heterocycles. The van der Waals surface area contributed by atoms with Crippen molar-refractivity contribution in [2.45, 2.75) is 19.3 Å². The van der Waals surface area contributed by atoms with Crippen LogP contribution in [0.3, 0.4) is 0 Å². The molecular weight excluding hydrogens is 347 g/mol. The lowest BCUT2D eigenvalue weighted by molar-refractivity contribution is -0.274. The molecule has 2 nitrogen and oxygen atoms in total. The zero-order valence-corrected chi connectivity index (χ0v) is 12.7. The third-order valence-electron chi connectivity index (χ3n) is 2.90. The molecule has 0 saturated carbocycles. The van der Waals surface area contributed by atoms with E-state index in [9.17, 15) is 13.2 Å². The predicted molar refractivity (Wildman–Crippen MR) is 78.0 cm³/mol. The molecule has 0 aliphatic rings. The van der Waals surface area contributed by atoms with Gasteiger partial charge >= 0.3 is 6.36 Å². The molecule has 1 unspecified atom stereocenters. The molecule has 0 fully saturated rings. The summed E-state index contributed by atoms with van der Waals surface area (Å²) in [7, 11) is 0. The first-order chi connectivity index (χ1) is 9.76. The van der Waals surface area contributed by atoms with Crippen LogP contribution in [0.15, 0.2) is 46.9 Å². The van der Waals surface area contributed by atoms with Crippen molar-refractivity contribution in [1.29, 1.82) is 0 Å². The Morgan fingerprint density at radius 1 is 1.14 bits per heavy atom. The van der Waals surface area contributed by atoms with E-state index < -0.39 is 12.4 Å². The van der Waals surface area contributed by atoms with Crippen molar-refractivity contribution in [1.82, 2.24) is 0 Å². The molecule has 0 bridgehead atoms. The van der Waals surface area contributed by atoms with E-state index in [-0.39, 0.29) is 11.3 Å². The molecule has 2 rings (SSSR count). The van der Waals surface area contributed by atoms with Crippen LogP contribution in [0, 0.1) is 6.92 Å².